The zero-order valence-corrected chi connectivity index (χ0v) is 9.83. The number of halogens is 1. The van der Waals surface area contributed by atoms with Gasteiger partial charge in [0, 0.05) is 21.2 Å². The summed E-state index contributed by atoms with van der Waals surface area (Å²) in [6.07, 6.45) is 4.03. The van der Waals surface area contributed by atoms with Crippen molar-refractivity contribution in [1.29, 1.82) is 0 Å². The van der Waals surface area contributed by atoms with Crippen molar-refractivity contribution in [2.45, 2.75) is 0 Å². The first-order valence-electron chi connectivity index (χ1n) is 4.25. The van der Waals surface area contributed by atoms with Crippen LogP contribution in [0.25, 0.3) is 16.5 Å². The van der Waals surface area contributed by atoms with Crippen LogP contribution in [-0.4, -0.2) is 5.88 Å². The van der Waals surface area contributed by atoms with E-state index in [1.807, 2.05) is 6.08 Å². The number of hydrogen-bond donors (Lipinski definition) is 0. The summed E-state index contributed by atoms with van der Waals surface area (Å²) in [5.74, 6) is 0.576. The minimum atomic E-state index is 0.576. The number of allylic oxidation sites excluding steroid dienone is 1. The average molecular weight is 241 g/mol. The van der Waals surface area contributed by atoms with Gasteiger partial charge in [0.05, 0.1) is 0 Å². The van der Waals surface area contributed by atoms with E-state index in [2.05, 4.69) is 35.0 Å². The first-order valence-corrected chi connectivity index (χ1v) is 6.54. The summed E-state index contributed by atoms with van der Waals surface area (Å²) in [5, 5.41) is 4.28. The molecule has 0 saturated heterocycles. The molecule has 0 aliphatic carbocycles. The van der Waals surface area contributed by atoms with E-state index in [1.165, 1.54) is 15.3 Å². The number of hydrogen-bond acceptors (Lipinski definition) is 2. The van der Waals surface area contributed by atoms with E-state index in [-0.39, 0.29) is 0 Å². The van der Waals surface area contributed by atoms with Crippen molar-refractivity contribution in [1.82, 2.24) is 0 Å². The molecule has 3 heteroatoms. The van der Waals surface area contributed by atoms with Gasteiger partial charge < -0.3 is 0 Å². The summed E-state index contributed by atoms with van der Waals surface area (Å²) in [6.45, 7) is 0. The van der Waals surface area contributed by atoms with Crippen LogP contribution in [-0.2, 0) is 0 Å². The predicted molar refractivity (Wildman–Crippen MR) is 67.4 cm³/mol. The molecule has 0 spiro atoms. The van der Waals surface area contributed by atoms with Crippen LogP contribution < -0.4 is 0 Å². The molecule has 14 heavy (non-hydrogen) atoms. The third-order valence-electron chi connectivity index (χ3n) is 1.80. The van der Waals surface area contributed by atoms with Crippen LogP contribution in [0.15, 0.2) is 35.0 Å². The molecule has 2 aromatic rings. The molecule has 2 heterocycles. The van der Waals surface area contributed by atoms with Gasteiger partial charge in [-0.05, 0) is 29.0 Å². The summed E-state index contributed by atoms with van der Waals surface area (Å²) in [4.78, 5) is 2.58. The maximum atomic E-state index is 5.58. The fourth-order valence-corrected chi connectivity index (χ4v) is 2.88. The third kappa shape index (κ3) is 2.27. The second kappa shape index (κ2) is 4.78. The normalized spacial score (nSPS) is 11.2. The Kier molecular flexibility index (Phi) is 3.40. The topological polar surface area (TPSA) is 0 Å². The summed E-state index contributed by atoms with van der Waals surface area (Å²) < 4.78 is 0. The van der Waals surface area contributed by atoms with Crippen molar-refractivity contribution in [3.63, 3.8) is 0 Å². The van der Waals surface area contributed by atoms with E-state index in [4.69, 9.17) is 11.6 Å². The van der Waals surface area contributed by atoms with Gasteiger partial charge in [0.25, 0.3) is 0 Å². The largest absolute Gasteiger partial charge is 0.144 e. The Hall–Kier alpha value is -0.570. The molecule has 0 atom stereocenters. The van der Waals surface area contributed by atoms with Crippen LogP contribution in [0, 0.1) is 0 Å². The quantitative estimate of drug-likeness (QED) is 0.681. The summed E-state index contributed by atoms with van der Waals surface area (Å²) >= 11 is 9.10. The van der Waals surface area contributed by atoms with Gasteiger partial charge in [0.15, 0.2) is 0 Å². The molecular weight excluding hydrogens is 232 g/mol. The van der Waals surface area contributed by atoms with E-state index in [9.17, 15) is 0 Å². The van der Waals surface area contributed by atoms with E-state index in [1.54, 1.807) is 22.7 Å². The Balaban J connectivity index is 2.22. The average Bonchev–Trinajstić information content (AvgIpc) is 2.85. The lowest BCUT2D eigenvalue weighted by molar-refractivity contribution is 1.78. The molecule has 2 aromatic heterocycles. The fraction of sp³-hybridized carbons (Fsp3) is 0.0909. The van der Waals surface area contributed by atoms with Crippen LogP contribution in [0.4, 0.5) is 0 Å². The Morgan fingerprint density at radius 3 is 3.00 bits per heavy atom. The van der Waals surface area contributed by atoms with Crippen LogP contribution >= 0.6 is 34.3 Å². The van der Waals surface area contributed by atoms with Crippen molar-refractivity contribution in [2.24, 2.45) is 0 Å². The highest BCUT2D eigenvalue weighted by Crippen LogP contribution is 2.29. The van der Waals surface area contributed by atoms with E-state index >= 15 is 0 Å². The van der Waals surface area contributed by atoms with Crippen molar-refractivity contribution in [2.75, 3.05) is 5.88 Å². The smallest absolute Gasteiger partial charge is 0.0407 e. The Morgan fingerprint density at radius 2 is 2.29 bits per heavy atom. The minimum absolute atomic E-state index is 0.576. The summed E-state index contributed by atoms with van der Waals surface area (Å²) in [5.41, 5.74) is 1.30. The zero-order chi connectivity index (χ0) is 9.80. The summed E-state index contributed by atoms with van der Waals surface area (Å²) in [7, 11) is 0. The Morgan fingerprint density at radius 1 is 1.36 bits per heavy atom. The molecule has 2 rings (SSSR count). The molecular formula is C11H9ClS2. The van der Waals surface area contributed by atoms with E-state index < -0.39 is 0 Å². The number of alkyl halides is 1. The van der Waals surface area contributed by atoms with Gasteiger partial charge in [-0.25, -0.2) is 0 Å². The molecule has 0 saturated carbocycles. The molecule has 0 unspecified atom stereocenters. The van der Waals surface area contributed by atoms with Gasteiger partial charge in [0.1, 0.15) is 0 Å². The SMILES string of the molecule is ClC/C=C/c1cc(-c2cccs2)cs1. The van der Waals surface area contributed by atoms with Crippen LogP contribution in [0.3, 0.4) is 0 Å². The van der Waals surface area contributed by atoms with Crippen molar-refractivity contribution < 1.29 is 0 Å². The van der Waals surface area contributed by atoms with E-state index in [0.29, 0.717) is 5.88 Å². The molecule has 0 aliphatic rings. The van der Waals surface area contributed by atoms with Crippen molar-refractivity contribution in [3.8, 4) is 10.4 Å². The highest BCUT2D eigenvalue weighted by molar-refractivity contribution is 7.15. The molecule has 0 bridgehead atoms. The molecule has 0 amide bonds. The maximum Gasteiger partial charge on any atom is 0.0407 e. The second-order valence-electron chi connectivity index (χ2n) is 2.77. The maximum absolute atomic E-state index is 5.58. The van der Waals surface area contributed by atoms with Gasteiger partial charge in [-0.2, -0.15) is 0 Å². The lowest BCUT2D eigenvalue weighted by Crippen LogP contribution is -1.63. The van der Waals surface area contributed by atoms with Crippen LogP contribution in [0.1, 0.15) is 4.88 Å². The molecule has 0 radical (unpaired) electrons. The predicted octanol–water partition coefficient (Wildman–Crippen LogP) is 4.73. The molecule has 72 valence electrons. The molecule has 0 fully saturated rings. The van der Waals surface area contributed by atoms with Gasteiger partial charge in [-0.15, -0.1) is 34.3 Å². The van der Waals surface area contributed by atoms with Crippen molar-refractivity contribution in [3.05, 3.63) is 39.9 Å². The lowest BCUT2D eigenvalue weighted by Gasteiger charge is -1.86. The van der Waals surface area contributed by atoms with Crippen LogP contribution in [0.5, 0.6) is 0 Å². The van der Waals surface area contributed by atoms with E-state index in [0.717, 1.165) is 0 Å². The first-order chi connectivity index (χ1) is 6.90. The highest BCUT2D eigenvalue weighted by atomic mass is 35.5. The summed E-state index contributed by atoms with van der Waals surface area (Å²) in [6, 6.07) is 6.41. The molecule has 0 aliphatic heterocycles. The number of thiophene rings is 2. The molecule has 0 nitrogen and oxygen atoms in total. The third-order valence-corrected chi connectivity index (χ3v) is 3.79. The van der Waals surface area contributed by atoms with Gasteiger partial charge in [-0.1, -0.05) is 12.1 Å². The minimum Gasteiger partial charge on any atom is -0.144 e. The van der Waals surface area contributed by atoms with Gasteiger partial charge in [-0.3, -0.25) is 0 Å². The fourth-order valence-electron chi connectivity index (χ4n) is 1.17. The lowest BCUT2D eigenvalue weighted by atomic mass is 10.2. The number of rotatable bonds is 3. The zero-order valence-electron chi connectivity index (χ0n) is 7.44. The standard InChI is InChI=1S/C11H9ClS2/c12-5-1-3-10-7-9(8-14-10)11-4-2-6-13-11/h1-4,6-8H,5H2/b3-1+. The Bertz CT molecular complexity index is 412. The monoisotopic (exact) mass is 240 g/mol. The van der Waals surface area contributed by atoms with Gasteiger partial charge in [0.2, 0.25) is 0 Å². The Labute approximate surface area is 96.5 Å². The van der Waals surface area contributed by atoms with Gasteiger partial charge >= 0.3 is 0 Å². The van der Waals surface area contributed by atoms with Crippen molar-refractivity contribution >= 4 is 40.4 Å². The molecule has 0 aromatic carbocycles. The molecule has 0 N–H and O–H groups in total. The van der Waals surface area contributed by atoms with Crippen LogP contribution in [0.2, 0.25) is 0 Å². The second-order valence-corrected chi connectivity index (χ2v) is 4.97. The highest BCUT2D eigenvalue weighted by Gasteiger charge is 2.00. The first kappa shape index (κ1) is 9.97.